The van der Waals surface area contributed by atoms with Crippen LogP contribution in [0, 0.1) is 112 Å². The number of fused-ring (bicyclic) bond motifs is 13. The molecule has 8 aliphatic rings. The minimum absolute atomic E-state index is 0.694. The highest BCUT2D eigenvalue weighted by molar-refractivity contribution is 5.19. The van der Waals surface area contributed by atoms with E-state index >= 15 is 0 Å². The highest BCUT2D eigenvalue weighted by atomic mass is 14.8. The fourth-order valence-electron chi connectivity index (χ4n) is 18.0. The van der Waals surface area contributed by atoms with Crippen LogP contribution in [0.4, 0.5) is 0 Å². The summed E-state index contributed by atoms with van der Waals surface area (Å²) >= 11 is 0. The molecule has 0 saturated heterocycles. The first kappa shape index (κ1) is 33.2. The van der Waals surface area contributed by atoms with Crippen molar-refractivity contribution >= 4 is 0 Å². The molecule has 0 amide bonds. The zero-order valence-corrected chi connectivity index (χ0v) is 31.7. The molecule has 0 heteroatoms. The summed E-state index contributed by atoms with van der Waals surface area (Å²) < 4.78 is 0. The maximum atomic E-state index is 2.66. The van der Waals surface area contributed by atoms with Gasteiger partial charge < -0.3 is 0 Å². The molecule has 0 bridgehead atoms. The predicted octanol–water partition coefficient (Wildman–Crippen LogP) is 13.5. The van der Waals surface area contributed by atoms with Gasteiger partial charge in [0.15, 0.2) is 0 Å². The molecule has 1 spiro atoms. The number of rotatable bonds is 7. The van der Waals surface area contributed by atoms with Gasteiger partial charge in [-0.3, -0.25) is 0 Å². The molecule has 0 radical (unpaired) electrons. The Morgan fingerprint density at radius 1 is 0.500 bits per heavy atom. The van der Waals surface area contributed by atoms with Crippen LogP contribution in [-0.2, 0) is 0 Å². The molecular weight excluding hydrogens is 553 g/mol. The predicted molar refractivity (Wildman–Crippen MR) is 196 cm³/mol. The largest absolute Gasteiger partial charge is 0.0651 e. The average molecular weight is 631 g/mol. The lowest BCUT2D eigenvalue weighted by atomic mass is 9.46. The van der Waals surface area contributed by atoms with Crippen molar-refractivity contribution in [2.75, 3.05) is 0 Å². The van der Waals surface area contributed by atoms with E-state index < -0.39 is 0 Å². The molecule has 0 aliphatic heterocycles. The maximum absolute atomic E-state index is 2.66. The summed E-state index contributed by atoms with van der Waals surface area (Å²) in [7, 11) is 0. The Bertz CT molecular complexity index is 995. The van der Waals surface area contributed by atoms with Gasteiger partial charge in [0.05, 0.1) is 0 Å². The first-order valence-corrected chi connectivity index (χ1v) is 22.4. The van der Waals surface area contributed by atoms with Crippen LogP contribution in [0.2, 0.25) is 0 Å². The Morgan fingerprint density at radius 2 is 1.07 bits per heavy atom. The number of hydrogen-bond donors (Lipinski definition) is 0. The van der Waals surface area contributed by atoms with Crippen molar-refractivity contribution in [1.29, 1.82) is 0 Å². The Labute approximate surface area is 287 Å². The molecule has 46 heavy (non-hydrogen) atoms. The molecule has 262 valence electrons. The second kappa shape index (κ2) is 13.3. The van der Waals surface area contributed by atoms with Crippen molar-refractivity contribution in [3.05, 3.63) is 0 Å². The monoisotopic (exact) mass is 631 g/mol. The normalized spacial score (nSPS) is 51.5. The van der Waals surface area contributed by atoms with Gasteiger partial charge >= 0.3 is 0 Å². The molecule has 8 aliphatic carbocycles. The Hall–Kier alpha value is 0. The lowest BCUT2D eigenvalue weighted by Crippen LogP contribution is -2.51. The first-order chi connectivity index (χ1) is 22.4. The standard InChI is InChI=1S/C46H78/c1-7-29(8-2)34-24-35(30(9-3)10-4)27-46(26-34)41-22-21-33-23-32-20-19-31-15-11-12-16-36(31)42(32)43(33)44(41)40-25-39(28(5)6)37-17-13-14-18-38(37)45(40)46/h28-45H,7-27H2,1-6H3. The van der Waals surface area contributed by atoms with E-state index in [1.165, 1.54) is 25.7 Å². The quantitative estimate of drug-likeness (QED) is 0.262. The van der Waals surface area contributed by atoms with Crippen molar-refractivity contribution in [3.63, 3.8) is 0 Å². The van der Waals surface area contributed by atoms with Gasteiger partial charge in [-0.05, 0) is 189 Å². The Morgan fingerprint density at radius 3 is 1.72 bits per heavy atom. The number of hydrogen-bond acceptors (Lipinski definition) is 0. The van der Waals surface area contributed by atoms with Gasteiger partial charge in [0.25, 0.3) is 0 Å². The first-order valence-electron chi connectivity index (χ1n) is 22.4. The van der Waals surface area contributed by atoms with Crippen LogP contribution in [0.5, 0.6) is 0 Å². The SMILES string of the molecule is CCC(CC)C1CC(C(CC)CC)CC2(C1)C1CCC3CC4CCC5CCCCC5C4C3C1C1CC(C(C)C)C3CCCCC3C12. The second-order valence-corrected chi connectivity index (χ2v) is 20.5. The third-order valence-corrected chi connectivity index (χ3v) is 19.2. The zero-order valence-electron chi connectivity index (χ0n) is 31.7. The Kier molecular flexibility index (Phi) is 9.57. The molecule has 8 saturated carbocycles. The minimum atomic E-state index is 0.694. The van der Waals surface area contributed by atoms with E-state index in [1.807, 2.05) is 0 Å². The van der Waals surface area contributed by atoms with Crippen LogP contribution >= 0.6 is 0 Å². The molecule has 0 aromatic heterocycles. The molecule has 15 unspecified atom stereocenters. The van der Waals surface area contributed by atoms with Crippen LogP contribution in [-0.4, -0.2) is 0 Å². The van der Waals surface area contributed by atoms with Gasteiger partial charge in [0, 0.05) is 0 Å². The third kappa shape index (κ3) is 5.12. The van der Waals surface area contributed by atoms with Gasteiger partial charge in [-0.1, -0.05) is 99.3 Å². The van der Waals surface area contributed by atoms with Crippen LogP contribution < -0.4 is 0 Å². The molecule has 15 atom stereocenters. The summed E-state index contributed by atoms with van der Waals surface area (Å²) in [6.45, 7) is 15.6. The van der Waals surface area contributed by atoms with Crippen molar-refractivity contribution in [2.24, 2.45) is 112 Å². The van der Waals surface area contributed by atoms with Gasteiger partial charge in [0.1, 0.15) is 0 Å². The third-order valence-electron chi connectivity index (χ3n) is 19.2. The highest BCUT2D eigenvalue weighted by Gasteiger charge is 2.71. The summed E-state index contributed by atoms with van der Waals surface area (Å²) in [6, 6.07) is 0. The summed E-state index contributed by atoms with van der Waals surface area (Å²) in [5.41, 5.74) is 0.694. The van der Waals surface area contributed by atoms with E-state index in [-0.39, 0.29) is 0 Å². The molecule has 0 N–H and O–H groups in total. The summed E-state index contributed by atoms with van der Waals surface area (Å²) in [5.74, 6) is 19.2. The minimum Gasteiger partial charge on any atom is -0.0651 e. The van der Waals surface area contributed by atoms with Gasteiger partial charge in [-0.15, -0.1) is 0 Å². The van der Waals surface area contributed by atoms with E-state index in [2.05, 4.69) is 41.5 Å². The summed E-state index contributed by atoms with van der Waals surface area (Å²) in [4.78, 5) is 0. The van der Waals surface area contributed by atoms with Crippen LogP contribution in [0.3, 0.4) is 0 Å². The lowest BCUT2D eigenvalue weighted by Gasteiger charge is -2.58. The topological polar surface area (TPSA) is 0 Å². The fraction of sp³-hybridized carbons (Fsp3) is 1.00. The average Bonchev–Trinajstić information content (AvgIpc) is 3.59. The van der Waals surface area contributed by atoms with E-state index in [1.54, 1.807) is 109 Å². The second-order valence-electron chi connectivity index (χ2n) is 20.5. The van der Waals surface area contributed by atoms with E-state index in [9.17, 15) is 0 Å². The molecule has 0 nitrogen and oxygen atoms in total. The van der Waals surface area contributed by atoms with E-state index in [4.69, 9.17) is 0 Å². The lowest BCUT2D eigenvalue weighted by molar-refractivity contribution is -0.0974. The van der Waals surface area contributed by atoms with Gasteiger partial charge in [0.2, 0.25) is 0 Å². The van der Waals surface area contributed by atoms with Crippen LogP contribution in [0.15, 0.2) is 0 Å². The molecular formula is C46H78. The van der Waals surface area contributed by atoms with Crippen LogP contribution in [0.1, 0.15) is 176 Å². The van der Waals surface area contributed by atoms with Gasteiger partial charge in [-0.25, -0.2) is 0 Å². The fourth-order valence-corrected chi connectivity index (χ4v) is 18.0. The molecule has 8 rings (SSSR count). The van der Waals surface area contributed by atoms with Gasteiger partial charge in [-0.2, -0.15) is 0 Å². The van der Waals surface area contributed by atoms with E-state index in [0.29, 0.717) is 5.41 Å². The van der Waals surface area contributed by atoms with Crippen molar-refractivity contribution in [2.45, 2.75) is 176 Å². The highest BCUT2D eigenvalue weighted by Crippen LogP contribution is 2.77. The summed E-state index contributed by atoms with van der Waals surface area (Å²) in [6.07, 6.45) is 33.2. The molecule has 0 aromatic carbocycles. The zero-order chi connectivity index (χ0) is 31.7. The van der Waals surface area contributed by atoms with Crippen molar-refractivity contribution < 1.29 is 0 Å². The van der Waals surface area contributed by atoms with Crippen molar-refractivity contribution in [3.8, 4) is 0 Å². The van der Waals surface area contributed by atoms with Crippen molar-refractivity contribution in [1.82, 2.24) is 0 Å². The molecule has 8 fully saturated rings. The van der Waals surface area contributed by atoms with Crippen LogP contribution in [0.25, 0.3) is 0 Å². The summed E-state index contributed by atoms with van der Waals surface area (Å²) in [5, 5.41) is 0. The smallest absolute Gasteiger partial charge is 0.0227 e. The van der Waals surface area contributed by atoms with E-state index in [0.717, 1.165) is 107 Å². The molecule has 0 aromatic rings. The Balaban J connectivity index is 1.25. The maximum Gasteiger partial charge on any atom is -0.0227 e. The molecule has 0 heterocycles.